The molecule has 0 spiro atoms. The van der Waals surface area contributed by atoms with E-state index in [2.05, 4.69) is 42.7 Å². The molecule has 0 aliphatic rings. The molecule has 0 radical (unpaired) electrons. The molecule has 0 heterocycles. The summed E-state index contributed by atoms with van der Waals surface area (Å²) in [5.41, 5.74) is 0. The summed E-state index contributed by atoms with van der Waals surface area (Å²) in [6.07, 6.45) is 45.2. The second-order valence-electron chi connectivity index (χ2n) is 15.5. The molecule has 2 atom stereocenters. The Balaban J connectivity index is 4.22. The molecule has 0 saturated heterocycles. The molecule has 320 valence electrons. The third-order valence-electron chi connectivity index (χ3n) is 10.2. The maximum Gasteiger partial charge on any atom is 0.328 e. The summed E-state index contributed by atoms with van der Waals surface area (Å²) in [5.74, 6) is -2.41. The smallest absolute Gasteiger partial charge is 0.328 e. The highest BCUT2D eigenvalue weighted by molar-refractivity contribution is 5.87. The molecule has 0 aromatic heterocycles. The molecular formula is C46H84N2O7. The second kappa shape index (κ2) is 41.0. The lowest BCUT2D eigenvalue weighted by molar-refractivity contribution is -0.147. The van der Waals surface area contributed by atoms with Gasteiger partial charge in [-0.25, -0.2) is 4.79 Å². The molecule has 0 aromatic carbocycles. The number of rotatable bonds is 41. The van der Waals surface area contributed by atoms with Crippen molar-refractivity contribution < 1.29 is 34.1 Å². The molecule has 55 heavy (non-hydrogen) atoms. The zero-order valence-corrected chi connectivity index (χ0v) is 35.4. The molecule has 2 amide bonds. The molecule has 0 fully saturated rings. The van der Waals surface area contributed by atoms with Crippen molar-refractivity contribution in [3.05, 3.63) is 24.3 Å². The van der Waals surface area contributed by atoms with Gasteiger partial charge in [0.05, 0.1) is 13.2 Å². The van der Waals surface area contributed by atoms with E-state index in [4.69, 9.17) is 14.9 Å². The Hall–Kier alpha value is -2.68. The van der Waals surface area contributed by atoms with Gasteiger partial charge in [-0.3, -0.25) is 14.4 Å². The Bertz CT molecular complexity index is 983. The molecule has 0 bridgehead atoms. The fourth-order valence-corrected chi connectivity index (χ4v) is 6.66. The quantitative estimate of drug-likeness (QED) is 0.0275. The van der Waals surface area contributed by atoms with Crippen LogP contribution in [0.5, 0.6) is 0 Å². The van der Waals surface area contributed by atoms with Crippen LogP contribution in [0, 0.1) is 0 Å². The molecule has 0 aromatic rings. The highest BCUT2D eigenvalue weighted by Gasteiger charge is 2.18. The number of carboxylic acids is 1. The van der Waals surface area contributed by atoms with Gasteiger partial charge in [-0.2, -0.15) is 0 Å². The lowest BCUT2D eigenvalue weighted by atomic mass is 10.0. The largest absolute Gasteiger partial charge is 0.480 e. The van der Waals surface area contributed by atoms with Gasteiger partial charge in [0.1, 0.15) is 12.1 Å². The van der Waals surface area contributed by atoms with E-state index in [1.165, 1.54) is 135 Å². The van der Waals surface area contributed by atoms with E-state index in [-0.39, 0.29) is 30.9 Å². The van der Waals surface area contributed by atoms with Crippen molar-refractivity contribution in [2.75, 3.05) is 13.2 Å². The van der Waals surface area contributed by atoms with Crippen molar-refractivity contribution in [1.82, 2.24) is 10.6 Å². The van der Waals surface area contributed by atoms with Gasteiger partial charge >= 0.3 is 11.9 Å². The highest BCUT2D eigenvalue weighted by Crippen LogP contribution is 2.16. The Labute approximate surface area is 336 Å². The minimum atomic E-state index is -1.39. The van der Waals surface area contributed by atoms with Crippen LogP contribution in [0.15, 0.2) is 24.3 Å². The number of carbonyl (C=O) groups excluding carboxylic acids is 3. The molecule has 9 heteroatoms. The van der Waals surface area contributed by atoms with Crippen molar-refractivity contribution in [2.45, 2.75) is 231 Å². The van der Waals surface area contributed by atoms with E-state index in [1.807, 2.05) is 6.08 Å². The van der Waals surface area contributed by atoms with E-state index in [1.54, 1.807) is 0 Å². The predicted octanol–water partition coefficient (Wildman–Crippen LogP) is 11.2. The number of ether oxygens (including phenoxy) is 1. The zero-order valence-electron chi connectivity index (χ0n) is 35.4. The van der Waals surface area contributed by atoms with Crippen LogP contribution in [-0.4, -0.2) is 59.3 Å². The maximum absolute atomic E-state index is 12.7. The third kappa shape index (κ3) is 38.0. The first kappa shape index (κ1) is 52.3. The summed E-state index contributed by atoms with van der Waals surface area (Å²) >= 11 is 0. The van der Waals surface area contributed by atoms with Crippen LogP contribution in [0.1, 0.15) is 219 Å². The van der Waals surface area contributed by atoms with E-state index in [9.17, 15) is 19.2 Å². The van der Waals surface area contributed by atoms with Gasteiger partial charge in [-0.1, -0.05) is 180 Å². The average Bonchev–Trinajstić information content (AvgIpc) is 3.17. The molecule has 0 aliphatic heterocycles. The van der Waals surface area contributed by atoms with E-state index in [0.29, 0.717) is 12.8 Å². The van der Waals surface area contributed by atoms with Crippen molar-refractivity contribution >= 4 is 23.8 Å². The van der Waals surface area contributed by atoms with Gasteiger partial charge in [0, 0.05) is 12.8 Å². The lowest BCUT2D eigenvalue weighted by Gasteiger charge is -2.15. The molecule has 9 nitrogen and oxygen atoms in total. The van der Waals surface area contributed by atoms with Crippen molar-refractivity contribution in [1.29, 1.82) is 0 Å². The Morgan fingerprint density at radius 1 is 0.564 bits per heavy atom. The first-order valence-electron chi connectivity index (χ1n) is 22.7. The van der Waals surface area contributed by atoms with Crippen LogP contribution >= 0.6 is 0 Å². The van der Waals surface area contributed by atoms with Crippen LogP contribution < -0.4 is 10.6 Å². The van der Waals surface area contributed by atoms with Crippen molar-refractivity contribution in [3.63, 3.8) is 0 Å². The Morgan fingerprint density at radius 2 is 1.04 bits per heavy atom. The van der Waals surface area contributed by atoms with E-state index >= 15 is 0 Å². The molecule has 2 unspecified atom stereocenters. The number of carboxylic acid groups (broad SMARTS) is 1. The number of aliphatic hydroxyl groups excluding tert-OH is 1. The normalized spacial score (nSPS) is 12.6. The minimum absolute atomic E-state index is 0.123. The Kier molecular flexibility index (Phi) is 39.0. The SMILES string of the molecule is CCCCCC/C=C\C/C=C\C(CCCCCCC(=O)NCC(=O)NC(CO)C(=O)O)OC(=O)CCCCCCCCCCCCCCCCCCCCC. The number of aliphatic hydroxyl groups is 1. The van der Waals surface area contributed by atoms with Crippen LogP contribution in [-0.2, 0) is 23.9 Å². The maximum atomic E-state index is 12.7. The number of unbranched alkanes of at least 4 members (excludes halogenated alkanes) is 25. The summed E-state index contributed by atoms with van der Waals surface area (Å²) in [4.78, 5) is 47.6. The standard InChI is InChI=1S/C46H84N2O7/c1-3-5-7-9-11-13-14-15-16-17-18-19-20-21-22-24-26-28-34-38-45(52)55-41(35-31-27-25-23-12-10-8-6-4-2)36-32-29-30-33-37-43(50)47-39-44(51)48-42(40-49)46(53)54/h23,25,31,35,41-42,49H,3-22,24,26-30,32-34,36-40H2,1-2H3,(H,47,50)(H,48,51)(H,53,54)/b25-23-,35-31-. The van der Waals surface area contributed by atoms with E-state index < -0.39 is 24.5 Å². The fraction of sp³-hybridized carbons (Fsp3) is 0.826. The number of amides is 2. The summed E-state index contributed by atoms with van der Waals surface area (Å²) in [5, 5.41) is 22.5. The molecule has 0 saturated carbocycles. The van der Waals surface area contributed by atoms with Gasteiger partial charge in [-0.05, 0) is 51.0 Å². The summed E-state index contributed by atoms with van der Waals surface area (Å²) in [7, 11) is 0. The number of nitrogens with one attached hydrogen (secondary N) is 2. The number of esters is 1. The monoisotopic (exact) mass is 777 g/mol. The number of aliphatic carboxylic acids is 1. The fourth-order valence-electron chi connectivity index (χ4n) is 6.66. The first-order valence-corrected chi connectivity index (χ1v) is 22.7. The van der Waals surface area contributed by atoms with Gasteiger partial charge in [-0.15, -0.1) is 0 Å². The molecule has 0 aliphatic carbocycles. The number of allylic oxidation sites excluding steroid dienone is 3. The van der Waals surface area contributed by atoms with Crippen molar-refractivity contribution in [3.8, 4) is 0 Å². The van der Waals surface area contributed by atoms with Gasteiger partial charge in [0.15, 0.2) is 0 Å². The third-order valence-corrected chi connectivity index (χ3v) is 10.2. The molecule has 0 rings (SSSR count). The second-order valence-corrected chi connectivity index (χ2v) is 15.5. The van der Waals surface area contributed by atoms with Crippen LogP contribution in [0.3, 0.4) is 0 Å². The number of carbonyl (C=O) groups is 4. The highest BCUT2D eigenvalue weighted by atomic mass is 16.5. The number of hydrogen-bond acceptors (Lipinski definition) is 6. The summed E-state index contributed by atoms with van der Waals surface area (Å²) in [6, 6.07) is -1.39. The molecular weight excluding hydrogens is 693 g/mol. The average molecular weight is 777 g/mol. The lowest BCUT2D eigenvalue weighted by Crippen LogP contribution is -2.47. The zero-order chi connectivity index (χ0) is 40.5. The van der Waals surface area contributed by atoms with Gasteiger partial charge in [0.2, 0.25) is 11.8 Å². The number of hydrogen-bond donors (Lipinski definition) is 4. The van der Waals surface area contributed by atoms with Crippen LogP contribution in [0.25, 0.3) is 0 Å². The van der Waals surface area contributed by atoms with Crippen LogP contribution in [0.4, 0.5) is 0 Å². The van der Waals surface area contributed by atoms with Crippen LogP contribution in [0.2, 0.25) is 0 Å². The predicted molar refractivity (Wildman–Crippen MR) is 227 cm³/mol. The Morgan fingerprint density at radius 3 is 1.55 bits per heavy atom. The van der Waals surface area contributed by atoms with E-state index in [0.717, 1.165) is 51.4 Å². The summed E-state index contributed by atoms with van der Waals surface area (Å²) < 4.78 is 5.90. The first-order chi connectivity index (χ1) is 26.8. The molecule has 4 N–H and O–H groups in total. The minimum Gasteiger partial charge on any atom is -0.480 e. The topological polar surface area (TPSA) is 142 Å². The van der Waals surface area contributed by atoms with Gasteiger partial charge in [0.25, 0.3) is 0 Å². The summed E-state index contributed by atoms with van der Waals surface area (Å²) in [6.45, 7) is 3.44. The van der Waals surface area contributed by atoms with Crippen molar-refractivity contribution in [2.24, 2.45) is 0 Å². The van der Waals surface area contributed by atoms with Gasteiger partial charge < -0.3 is 25.6 Å².